The number of hydrogen-bond acceptors (Lipinski definition) is 3. The second-order valence-corrected chi connectivity index (χ2v) is 8.39. The monoisotopic (exact) mass is 345 g/mol. The lowest BCUT2D eigenvalue weighted by atomic mass is 10.2. The van der Waals surface area contributed by atoms with Crippen LogP contribution in [0.3, 0.4) is 0 Å². The largest absolute Gasteiger partial charge is 0.444 e. The predicted molar refractivity (Wildman–Crippen MR) is 80.9 cm³/mol. The molecule has 0 bridgehead atoms. The average Bonchev–Trinajstić information content (AvgIpc) is 2.27. The van der Waals surface area contributed by atoms with E-state index in [9.17, 15) is 22.8 Å². The Hall–Kier alpha value is -1.12. The van der Waals surface area contributed by atoms with Gasteiger partial charge in [0.1, 0.15) is 23.9 Å². The van der Waals surface area contributed by atoms with E-state index >= 15 is 0 Å². The normalized spacial score (nSPS) is 13.7. The zero-order chi connectivity index (χ0) is 17.6. The number of alkyl carbamates (subject to hydrolysis) is 1. The number of rotatable bonds is 6. The lowest BCUT2D eigenvalue weighted by molar-refractivity contribution is -0.139. The average molecular weight is 345 g/mol. The Bertz CT molecular complexity index is 382. The lowest BCUT2D eigenvalue weighted by Gasteiger charge is -2.23. The molecule has 0 aromatic heterocycles. The summed E-state index contributed by atoms with van der Waals surface area (Å²) in [6, 6.07) is -1.05. The van der Waals surface area contributed by atoms with E-state index < -0.39 is 36.4 Å². The molecule has 0 saturated heterocycles. The van der Waals surface area contributed by atoms with Crippen molar-refractivity contribution >= 4 is 22.9 Å². The van der Waals surface area contributed by atoms with E-state index in [0.717, 1.165) is 0 Å². The van der Waals surface area contributed by atoms with Crippen molar-refractivity contribution in [2.24, 2.45) is 0 Å². The van der Waals surface area contributed by atoms with Gasteiger partial charge in [0.05, 0.1) is 12.5 Å². The van der Waals surface area contributed by atoms with Gasteiger partial charge in [-0.2, -0.15) is 13.2 Å². The van der Waals surface area contributed by atoms with Gasteiger partial charge in [-0.15, -0.1) is 0 Å². The summed E-state index contributed by atoms with van der Waals surface area (Å²) in [7, 11) is -0.00191. The molecular weight excluding hydrogens is 321 g/mol. The fraction of sp³-hybridized carbons (Fsp3) is 0.846. The molecule has 0 radical (unpaired) electrons. The van der Waals surface area contributed by atoms with Gasteiger partial charge in [0, 0.05) is 6.42 Å². The minimum absolute atomic E-state index is 0.00191. The molecular formula is C13H24F3N2O3S+. The number of carbonyl (C=O) groups is 2. The molecule has 0 aliphatic rings. The van der Waals surface area contributed by atoms with E-state index in [1.54, 1.807) is 26.1 Å². The molecule has 0 aromatic carbocycles. The summed E-state index contributed by atoms with van der Waals surface area (Å²) in [5.74, 6) is -0.256. The van der Waals surface area contributed by atoms with Gasteiger partial charge in [-0.25, -0.2) is 4.79 Å². The maximum absolute atomic E-state index is 12.2. The molecule has 22 heavy (non-hydrogen) atoms. The minimum atomic E-state index is -4.49. The smallest absolute Gasteiger partial charge is 0.408 e. The first-order valence-electron chi connectivity index (χ1n) is 6.68. The summed E-state index contributed by atoms with van der Waals surface area (Å²) in [5, 5.41) is 4.11. The van der Waals surface area contributed by atoms with Crippen molar-refractivity contribution in [2.75, 3.05) is 24.8 Å². The molecule has 0 aliphatic heterocycles. The molecule has 1 atom stereocenters. The van der Waals surface area contributed by atoms with Crippen LogP contribution in [0.15, 0.2) is 0 Å². The predicted octanol–water partition coefficient (Wildman–Crippen LogP) is 1.83. The molecule has 0 rings (SSSR count). The first-order valence-corrected chi connectivity index (χ1v) is 8.89. The van der Waals surface area contributed by atoms with Crippen LogP contribution >= 0.6 is 0 Å². The third-order valence-electron chi connectivity index (χ3n) is 2.29. The van der Waals surface area contributed by atoms with Crippen molar-refractivity contribution < 1.29 is 27.5 Å². The molecule has 0 fully saturated rings. The summed E-state index contributed by atoms with van der Waals surface area (Å²) < 4.78 is 41.5. The molecule has 0 saturated carbocycles. The maximum Gasteiger partial charge on any atom is 0.408 e. The number of nitrogens with one attached hydrogen (secondary N) is 2. The van der Waals surface area contributed by atoms with Crippen LogP contribution in [0.2, 0.25) is 0 Å². The van der Waals surface area contributed by atoms with Crippen molar-refractivity contribution in [2.45, 2.75) is 45.0 Å². The van der Waals surface area contributed by atoms with Crippen molar-refractivity contribution in [1.82, 2.24) is 10.6 Å². The van der Waals surface area contributed by atoms with Gasteiger partial charge >= 0.3 is 12.3 Å². The maximum atomic E-state index is 12.2. The van der Waals surface area contributed by atoms with Gasteiger partial charge in [0.2, 0.25) is 5.91 Å². The quantitative estimate of drug-likeness (QED) is 0.722. The summed E-state index contributed by atoms with van der Waals surface area (Å²) in [6.45, 7) is 3.53. The minimum Gasteiger partial charge on any atom is -0.444 e. The van der Waals surface area contributed by atoms with Crippen LogP contribution in [0.4, 0.5) is 18.0 Å². The number of ether oxygens (including phenoxy) is 1. The van der Waals surface area contributed by atoms with Gasteiger partial charge < -0.3 is 15.4 Å². The molecule has 2 N–H and O–H groups in total. The fourth-order valence-corrected chi connectivity index (χ4v) is 2.09. The van der Waals surface area contributed by atoms with E-state index in [1.165, 1.54) is 0 Å². The Labute approximate surface area is 131 Å². The summed E-state index contributed by atoms with van der Waals surface area (Å²) in [4.78, 5) is 23.5. The second kappa shape index (κ2) is 8.50. The van der Waals surface area contributed by atoms with Crippen LogP contribution < -0.4 is 10.6 Å². The highest BCUT2D eigenvalue weighted by Gasteiger charge is 2.31. The van der Waals surface area contributed by atoms with Gasteiger partial charge in [-0.3, -0.25) is 4.79 Å². The Kier molecular flexibility index (Phi) is 8.06. The molecule has 2 amide bonds. The molecule has 5 nitrogen and oxygen atoms in total. The van der Waals surface area contributed by atoms with Gasteiger partial charge in [0.15, 0.2) is 0 Å². The van der Waals surface area contributed by atoms with Crippen LogP contribution in [-0.2, 0) is 20.4 Å². The number of halogens is 3. The van der Waals surface area contributed by atoms with Gasteiger partial charge in [0.25, 0.3) is 0 Å². The SMILES string of the molecule is C[S+](C)CCC(NC(=O)OC(C)(C)C)C(=O)NCC(F)(F)F. The van der Waals surface area contributed by atoms with Crippen LogP contribution in [0.5, 0.6) is 0 Å². The van der Waals surface area contributed by atoms with Crippen molar-refractivity contribution in [3.05, 3.63) is 0 Å². The van der Waals surface area contributed by atoms with Crippen molar-refractivity contribution in [3.8, 4) is 0 Å². The molecule has 9 heteroatoms. The topological polar surface area (TPSA) is 67.4 Å². The zero-order valence-electron chi connectivity index (χ0n) is 13.5. The number of alkyl halides is 3. The lowest BCUT2D eigenvalue weighted by Crippen LogP contribution is -2.50. The van der Waals surface area contributed by atoms with Crippen molar-refractivity contribution in [3.63, 3.8) is 0 Å². The standard InChI is InChI=1S/C13H23F3N2O3S/c1-12(2,3)21-11(20)18-9(6-7-22(4)5)10(19)17-8-13(14,15)16/h9H,6-8H2,1-5H3,(H-,17,18,19,20)/p+1. The zero-order valence-corrected chi connectivity index (χ0v) is 14.3. The third kappa shape index (κ3) is 11.5. The third-order valence-corrected chi connectivity index (χ3v) is 3.34. The van der Waals surface area contributed by atoms with E-state index in [4.69, 9.17) is 4.74 Å². The fourth-order valence-electron chi connectivity index (χ4n) is 1.38. The highest BCUT2D eigenvalue weighted by Crippen LogP contribution is 2.12. The van der Waals surface area contributed by atoms with Gasteiger partial charge in [-0.1, -0.05) is 0 Å². The Morgan fingerprint density at radius 3 is 2.14 bits per heavy atom. The summed E-state index contributed by atoms with van der Waals surface area (Å²) in [6.07, 6.45) is -1.19. The molecule has 0 spiro atoms. The van der Waals surface area contributed by atoms with Crippen molar-refractivity contribution in [1.29, 1.82) is 0 Å². The Balaban J connectivity index is 4.67. The molecule has 0 heterocycles. The van der Waals surface area contributed by atoms with E-state index in [-0.39, 0.29) is 17.3 Å². The van der Waals surface area contributed by atoms with E-state index in [2.05, 4.69) is 5.32 Å². The first kappa shape index (κ1) is 20.9. The van der Waals surface area contributed by atoms with Crippen LogP contribution in [0.25, 0.3) is 0 Å². The summed E-state index contributed by atoms with van der Waals surface area (Å²) >= 11 is 0. The van der Waals surface area contributed by atoms with E-state index in [0.29, 0.717) is 5.75 Å². The first-order chi connectivity index (χ1) is 9.80. The summed E-state index contributed by atoms with van der Waals surface area (Å²) in [5.41, 5.74) is -0.753. The van der Waals surface area contributed by atoms with Crippen LogP contribution in [0.1, 0.15) is 27.2 Å². The number of amides is 2. The Morgan fingerprint density at radius 1 is 1.18 bits per heavy atom. The molecule has 130 valence electrons. The molecule has 1 unspecified atom stereocenters. The Morgan fingerprint density at radius 2 is 1.73 bits per heavy atom. The molecule has 0 aliphatic carbocycles. The van der Waals surface area contributed by atoms with E-state index in [1.807, 2.05) is 12.5 Å². The number of hydrogen-bond donors (Lipinski definition) is 2. The van der Waals surface area contributed by atoms with Crippen LogP contribution in [-0.4, -0.2) is 54.6 Å². The second-order valence-electron chi connectivity index (χ2n) is 6.01. The molecule has 0 aromatic rings. The van der Waals surface area contributed by atoms with Crippen LogP contribution in [0, 0.1) is 0 Å². The van der Waals surface area contributed by atoms with Gasteiger partial charge in [-0.05, 0) is 31.7 Å². The highest BCUT2D eigenvalue weighted by atomic mass is 32.2. The highest BCUT2D eigenvalue weighted by molar-refractivity contribution is 7.95. The number of carbonyl (C=O) groups excluding carboxylic acids is 2.